The first kappa shape index (κ1) is 21.0. The van der Waals surface area contributed by atoms with Gasteiger partial charge >= 0.3 is 6.03 Å². The molecule has 0 bridgehead atoms. The van der Waals surface area contributed by atoms with Crippen molar-refractivity contribution in [2.24, 2.45) is 7.05 Å². The van der Waals surface area contributed by atoms with Gasteiger partial charge in [0.05, 0.1) is 23.8 Å². The smallest absolute Gasteiger partial charge is 0.315 e. The molecule has 0 aliphatic carbocycles. The number of carbonyl (C=O) groups is 3. The van der Waals surface area contributed by atoms with Gasteiger partial charge in [0.1, 0.15) is 0 Å². The second kappa shape index (κ2) is 9.28. The number of nitrogens with one attached hydrogen (secondary N) is 3. The Morgan fingerprint density at radius 1 is 1.27 bits per heavy atom. The summed E-state index contributed by atoms with van der Waals surface area (Å²) < 4.78 is 1.61. The van der Waals surface area contributed by atoms with Gasteiger partial charge in [-0.1, -0.05) is 6.42 Å². The highest BCUT2D eigenvalue weighted by Crippen LogP contribution is 2.33. The molecule has 3 saturated heterocycles. The SMILES string of the molecule is Cn1cc(C(=O)NC2CCN(C(=O)CCCC[C@@H]3SC[C@@H]4NC(=O)N[C@@H]43)CC2)cn1. The van der Waals surface area contributed by atoms with Crippen LogP contribution in [0.4, 0.5) is 4.79 Å². The Morgan fingerprint density at radius 2 is 2.07 bits per heavy atom. The molecule has 0 unspecified atom stereocenters. The van der Waals surface area contributed by atoms with E-state index in [1.54, 1.807) is 24.1 Å². The second-order valence-electron chi connectivity index (χ2n) is 8.40. The largest absolute Gasteiger partial charge is 0.349 e. The van der Waals surface area contributed by atoms with Crippen LogP contribution >= 0.6 is 11.8 Å². The monoisotopic (exact) mass is 434 g/mol. The molecular weight excluding hydrogens is 404 g/mol. The van der Waals surface area contributed by atoms with Gasteiger partial charge < -0.3 is 20.9 Å². The van der Waals surface area contributed by atoms with Gasteiger partial charge in [0.2, 0.25) is 5.91 Å². The number of likely N-dealkylation sites (tertiary alicyclic amines) is 1. The van der Waals surface area contributed by atoms with Gasteiger partial charge in [0, 0.05) is 49.8 Å². The van der Waals surface area contributed by atoms with Gasteiger partial charge in [-0.05, 0) is 25.7 Å². The number of amides is 4. The highest BCUT2D eigenvalue weighted by Gasteiger charge is 2.42. The number of carbonyl (C=O) groups excluding carboxylic acids is 3. The van der Waals surface area contributed by atoms with Crippen molar-refractivity contribution in [3.8, 4) is 0 Å². The second-order valence-corrected chi connectivity index (χ2v) is 9.67. The van der Waals surface area contributed by atoms with E-state index in [4.69, 9.17) is 0 Å². The van der Waals surface area contributed by atoms with Gasteiger partial charge in [0.15, 0.2) is 0 Å². The van der Waals surface area contributed by atoms with Crippen LogP contribution in [-0.4, -0.2) is 74.7 Å². The number of rotatable bonds is 7. The lowest BCUT2D eigenvalue weighted by atomic mass is 10.0. The minimum absolute atomic E-state index is 0.0505. The molecular formula is C20H30N6O3S. The first-order chi connectivity index (χ1) is 14.5. The Balaban J connectivity index is 1.11. The van der Waals surface area contributed by atoms with E-state index in [-0.39, 0.29) is 36.0 Å². The summed E-state index contributed by atoms with van der Waals surface area (Å²) in [5.41, 5.74) is 0.565. The van der Waals surface area contributed by atoms with E-state index in [9.17, 15) is 14.4 Å². The van der Waals surface area contributed by atoms with Crippen LogP contribution in [0.1, 0.15) is 48.9 Å². The number of fused-ring (bicyclic) bond motifs is 1. The molecule has 3 fully saturated rings. The zero-order chi connectivity index (χ0) is 21.1. The summed E-state index contributed by atoms with van der Waals surface area (Å²) in [6.07, 6.45) is 8.32. The average Bonchev–Trinajstić information content (AvgIpc) is 3.42. The van der Waals surface area contributed by atoms with Gasteiger partial charge in [-0.2, -0.15) is 16.9 Å². The van der Waals surface area contributed by atoms with E-state index in [2.05, 4.69) is 21.0 Å². The number of aromatic nitrogens is 2. The third-order valence-corrected chi connectivity index (χ3v) is 7.73. The third-order valence-electron chi connectivity index (χ3n) is 6.22. The fraction of sp³-hybridized carbons (Fsp3) is 0.700. The molecule has 3 atom stereocenters. The van der Waals surface area contributed by atoms with Crippen LogP contribution in [0, 0.1) is 0 Å². The van der Waals surface area contributed by atoms with Crippen LogP contribution in [0.3, 0.4) is 0 Å². The number of thioether (sulfide) groups is 1. The van der Waals surface area contributed by atoms with E-state index in [0.717, 1.165) is 37.9 Å². The van der Waals surface area contributed by atoms with E-state index < -0.39 is 0 Å². The van der Waals surface area contributed by atoms with Crippen molar-refractivity contribution in [2.45, 2.75) is 61.9 Å². The van der Waals surface area contributed by atoms with Crippen molar-refractivity contribution < 1.29 is 14.4 Å². The summed E-state index contributed by atoms with van der Waals surface area (Å²) in [5.74, 6) is 1.08. The minimum atomic E-state index is -0.103. The number of hydrogen-bond acceptors (Lipinski definition) is 5. The summed E-state index contributed by atoms with van der Waals surface area (Å²) in [6, 6.07) is 0.544. The molecule has 1 aromatic heterocycles. The van der Waals surface area contributed by atoms with E-state index >= 15 is 0 Å². The maximum Gasteiger partial charge on any atom is 0.315 e. The van der Waals surface area contributed by atoms with Crippen molar-refractivity contribution in [2.75, 3.05) is 18.8 Å². The maximum atomic E-state index is 12.5. The zero-order valence-corrected chi connectivity index (χ0v) is 18.1. The van der Waals surface area contributed by atoms with E-state index in [1.165, 1.54) is 0 Å². The standard InChI is InChI=1S/C20H30N6O3S/c1-25-11-13(10-21-25)19(28)22-14-6-8-26(9-7-14)17(27)5-3-2-4-16-18-15(12-30-16)23-20(29)24-18/h10-11,14-16,18H,2-9,12H2,1H3,(H,22,28)(H2,23,24,29)/t15-,16-,18-/m0/s1. The molecule has 3 aliphatic rings. The number of piperidine rings is 1. The molecule has 9 nitrogen and oxygen atoms in total. The molecule has 3 N–H and O–H groups in total. The Hall–Kier alpha value is -2.23. The Bertz CT molecular complexity index is 791. The van der Waals surface area contributed by atoms with Crippen molar-refractivity contribution in [3.05, 3.63) is 18.0 Å². The number of urea groups is 1. The molecule has 10 heteroatoms. The molecule has 0 spiro atoms. The molecule has 4 heterocycles. The van der Waals surface area contributed by atoms with Crippen LogP contribution < -0.4 is 16.0 Å². The van der Waals surface area contributed by atoms with Gasteiger partial charge in [0.25, 0.3) is 5.91 Å². The number of nitrogens with zero attached hydrogens (tertiary/aromatic N) is 3. The molecule has 0 saturated carbocycles. The Kier molecular flexibility index (Phi) is 6.50. The highest BCUT2D eigenvalue weighted by atomic mass is 32.2. The molecule has 30 heavy (non-hydrogen) atoms. The molecule has 0 radical (unpaired) electrons. The highest BCUT2D eigenvalue weighted by molar-refractivity contribution is 8.00. The predicted octanol–water partition coefficient (Wildman–Crippen LogP) is 0.867. The Morgan fingerprint density at radius 3 is 2.80 bits per heavy atom. The molecule has 164 valence electrons. The fourth-order valence-corrected chi connectivity index (χ4v) is 6.05. The topological polar surface area (TPSA) is 108 Å². The predicted molar refractivity (Wildman–Crippen MR) is 114 cm³/mol. The molecule has 4 amide bonds. The number of aryl methyl sites for hydroxylation is 1. The molecule has 1 aromatic rings. The lowest BCUT2D eigenvalue weighted by molar-refractivity contribution is -0.132. The van der Waals surface area contributed by atoms with Crippen molar-refractivity contribution >= 4 is 29.6 Å². The first-order valence-electron chi connectivity index (χ1n) is 10.8. The van der Waals surface area contributed by atoms with Crippen molar-refractivity contribution in [1.82, 2.24) is 30.6 Å². The molecule has 0 aromatic carbocycles. The van der Waals surface area contributed by atoms with Crippen LogP contribution in [0.25, 0.3) is 0 Å². The fourth-order valence-electron chi connectivity index (χ4n) is 4.50. The normalized spacial score (nSPS) is 26.2. The van der Waals surface area contributed by atoms with Gasteiger partial charge in [-0.25, -0.2) is 4.79 Å². The van der Waals surface area contributed by atoms with Crippen molar-refractivity contribution in [3.63, 3.8) is 0 Å². The van der Waals surface area contributed by atoms with Crippen LogP contribution in [0.2, 0.25) is 0 Å². The minimum Gasteiger partial charge on any atom is -0.349 e. The number of hydrogen-bond donors (Lipinski definition) is 3. The van der Waals surface area contributed by atoms with Crippen LogP contribution in [0.15, 0.2) is 12.4 Å². The quantitative estimate of drug-likeness (QED) is 0.436. The lowest BCUT2D eigenvalue weighted by Gasteiger charge is -2.32. The van der Waals surface area contributed by atoms with Gasteiger partial charge in [-0.15, -0.1) is 0 Å². The van der Waals surface area contributed by atoms with E-state index in [0.29, 0.717) is 30.3 Å². The van der Waals surface area contributed by atoms with Crippen molar-refractivity contribution in [1.29, 1.82) is 0 Å². The first-order valence-corrected chi connectivity index (χ1v) is 11.8. The molecule has 3 aliphatic heterocycles. The average molecular weight is 435 g/mol. The third kappa shape index (κ3) is 4.91. The van der Waals surface area contributed by atoms with Gasteiger partial charge in [-0.3, -0.25) is 14.3 Å². The van der Waals surface area contributed by atoms with E-state index in [1.807, 2.05) is 16.7 Å². The summed E-state index contributed by atoms with van der Waals surface area (Å²) in [6.45, 7) is 1.38. The summed E-state index contributed by atoms with van der Waals surface area (Å²) in [5, 5.41) is 13.5. The zero-order valence-electron chi connectivity index (χ0n) is 17.3. The maximum absolute atomic E-state index is 12.5. The van der Waals surface area contributed by atoms with Crippen LogP contribution in [0.5, 0.6) is 0 Å². The summed E-state index contributed by atoms with van der Waals surface area (Å²) >= 11 is 1.92. The lowest BCUT2D eigenvalue weighted by Crippen LogP contribution is -2.46. The number of unbranched alkanes of at least 4 members (excludes halogenated alkanes) is 1. The van der Waals surface area contributed by atoms with Crippen LogP contribution in [-0.2, 0) is 11.8 Å². The summed E-state index contributed by atoms with van der Waals surface area (Å²) in [7, 11) is 1.79. The Labute approximate surface area is 180 Å². The summed E-state index contributed by atoms with van der Waals surface area (Å²) in [4.78, 5) is 38.1. The molecule has 4 rings (SSSR count).